The molecule has 0 amide bonds. The zero-order chi connectivity index (χ0) is 20.5. The molecule has 0 aliphatic heterocycles. The number of benzene rings is 1. The maximum atomic E-state index is 12.3. The quantitative estimate of drug-likeness (QED) is 0.198. The van der Waals surface area contributed by atoms with E-state index in [2.05, 4.69) is 0 Å². The largest absolute Gasteiger partial charge is 0.481 e. The van der Waals surface area contributed by atoms with Crippen molar-refractivity contribution in [1.82, 2.24) is 0 Å². The highest BCUT2D eigenvalue weighted by molar-refractivity contribution is 6.04. The minimum atomic E-state index is -0.783. The smallest absolute Gasteiger partial charge is 0.303 e. The maximum Gasteiger partial charge on any atom is 0.303 e. The van der Waals surface area contributed by atoms with Crippen LogP contribution in [0.2, 0.25) is 0 Å². The highest BCUT2D eigenvalue weighted by atomic mass is 16.6. The van der Waals surface area contributed by atoms with Crippen molar-refractivity contribution in [2.75, 3.05) is 0 Å². The molecule has 0 radical (unpaired) electrons. The molecule has 7 nitrogen and oxygen atoms in total. The fourth-order valence-electron chi connectivity index (χ4n) is 3.59. The minimum Gasteiger partial charge on any atom is -0.481 e. The summed E-state index contributed by atoms with van der Waals surface area (Å²) in [5.41, 5.74) is 0.312. The topological polar surface area (TPSA) is 115 Å². The summed E-state index contributed by atoms with van der Waals surface area (Å²) in [6, 6.07) is 5.46. The molecule has 2 atom stereocenters. The SMILES string of the molecule is O=C(O)CCCCCC[C@@H]1C(=O)CC[C@H]1C=CC(=O)c1ccc([N+](=O)[O-])cc1. The molecule has 0 heterocycles. The van der Waals surface area contributed by atoms with Crippen LogP contribution in [0.4, 0.5) is 5.69 Å². The Balaban J connectivity index is 1.85. The number of carboxylic acids is 1. The number of carbonyl (C=O) groups is 3. The molecule has 2 rings (SSSR count). The van der Waals surface area contributed by atoms with Gasteiger partial charge in [0.2, 0.25) is 0 Å². The van der Waals surface area contributed by atoms with Crippen molar-refractivity contribution in [3.8, 4) is 0 Å². The van der Waals surface area contributed by atoms with Crippen LogP contribution in [-0.4, -0.2) is 27.6 Å². The molecule has 1 aliphatic rings. The second-order valence-corrected chi connectivity index (χ2v) is 7.15. The van der Waals surface area contributed by atoms with Gasteiger partial charge in [0.1, 0.15) is 5.78 Å². The van der Waals surface area contributed by atoms with Gasteiger partial charge in [-0.15, -0.1) is 0 Å². The van der Waals surface area contributed by atoms with E-state index in [4.69, 9.17) is 5.11 Å². The lowest BCUT2D eigenvalue weighted by molar-refractivity contribution is -0.384. The highest BCUT2D eigenvalue weighted by Crippen LogP contribution is 2.34. The van der Waals surface area contributed by atoms with Crippen LogP contribution in [0, 0.1) is 22.0 Å². The summed E-state index contributed by atoms with van der Waals surface area (Å²) < 4.78 is 0. The van der Waals surface area contributed by atoms with Gasteiger partial charge in [0.15, 0.2) is 5.78 Å². The number of nitrogens with zero attached hydrogens (tertiary/aromatic N) is 1. The Morgan fingerprint density at radius 3 is 2.46 bits per heavy atom. The van der Waals surface area contributed by atoms with E-state index in [-0.39, 0.29) is 35.5 Å². The van der Waals surface area contributed by atoms with Crippen LogP contribution in [0.1, 0.15) is 61.7 Å². The molecule has 1 aromatic rings. The summed E-state index contributed by atoms with van der Waals surface area (Å²) in [7, 11) is 0. The summed E-state index contributed by atoms with van der Waals surface area (Å²) in [5.74, 6) is -0.840. The van der Waals surface area contributed by atoms with Crippen LogP contribution >= 0.6 is 0 Å². The normalized spacial score (nSPS) is 19.2. The third-order valence-corrected chi connectivity index (χ3v) is 5.17. The average molecular weight is 387 g/mol. The molecule has 1 aromatic carbocycles. The number of carbonyl (C=O) groups excluding carboxylic acids is 2. The molecule has 28 heavy (non-hydrogen) atoms. The van der Waals surface area contributed by atoms with Gasteiger partial charge in [0.05, 0.1) is 4.92 Å². The predicted octanol–water partition coefficient (Wildman–Crippen LogP) is 4.35. The zero-order valence-electron chi connectivity index (χ0n) is 15.7. The van der Waals surface area contributed by atoms with Crippen LogP contribution in [0.5, 0.6) is 0 Å². The summed E-state index contributed by atoms with van der Waals surface area (Å²) in [4.78, 5) is 45.1. The Morgan fingerprint density at radius 2 is 1.82 bits per heavy atom. The molecule has 150 valence electrons. The van der Waals surface area contributed by atoms with Gasteiger partial charge in [-0.25, -0.2) is 0 Å². The number of unbranched alkanes of at least 4 members (excludes halogenated alkanes) is 3. The summed E-state index contributed by atoms with van der Waals surface area (Å²) in [6.45, 7) is 0. The Bertz CT molecular complexity index is 753. The van der Waals surface area contributed by atoms with Gasteiger partial charge >= 0.3 is 5.97 Å². The van der Waals surface area contributed by atoms with Crippen molar-refractivity contribution in [2.45, 2.75) is 51.4 Å². The molecule has 1 fully saturated rings. The number of nitro groups is 1. The van der Waals surface area contributed by atoms with Crippen LogP contribution < -0.4 is 0 Å². The lowest BCUT2D eigenvalue weighted by Gasteiger charge is -2.14. The molecule has 1 aliphatic carbocycles. The fraction of sp³-hybridized carbons (Fsp3) is 0.476. The molecular formula is C21H25NO6. The zero-order valence-corrected chi connectivity index (χ0v) is 15.7. The number of allylic oxidation sites excluding steroid dienone is 2. The van der Waals surface area contributed by atoms with E-state index in [1.54, 1.807) is 6.08 Å². The third-order valence-electron chi connectivity index (χ3n) is 5.17. The Hall–Kier alpha value is -2.83. The lowest BCUT2D eigenvalue weighted by atomic mass is 9.89. The summed E-state index contributed by atoms with van der Waals surface area (Å²) in [5, 5.41) is 19.3. The lowest BCUT2D eigenvalue weighted by Crippen LogP contribution is -2.13. The molecule has 0 bridgehead atoms. The first kappa shape index (κ1) is 21.5. The van der Waals surface area contributed by atoms with Crippen molar-refractivity contribution in [3.63, 3.8) is 0 Å². The first-order valence-electron chi connectivity index (χ1n) is 9.60. The first-order chi connectivity index (χ1) is 13.4. The van der Waals surface area contributed by atoms with Gasteiger partial charge in [0, 0.05) is 36.5 Å². The van der Waals surface area contributed by atoms with Crippen molar-refractivity contribution >= 4 is 23.2 Å². The molecule has 1 saturated carbocycles. The number of non-ortho nitro benzene ring substituents is 1. The minimum absolute atomic E-state index is 0.0357. The molecular weight excluding hydrogens is 362 g/mol. The number of hydrogen-bond acceptors (Lipinski definition) is 5. The number of carboxylic acid groups (broad SMARTS) is 1. The molecule has 0 aromatic heterocycles. The number of rotatable bonds is 11. The van der Waals surface area contributed by atoms with Crippen LogP contribution in [0.25, 0.3) is 0 Å². The Morgan fingerprint density at radius 1 is 1.14 bits per heavy atom. The van der Waals surface area contributed by atoms with Crippen LogP contribution in [0.15, 0.2) is 36.4 Å². The maximum absolute atomic E-state index is 12.3. The molecule has 7 heteroatoms. The van der Waals surface area contributed by atoms with Gasteiger partial charge in [0.25, 0.3) is 5.69 Å². The number of Topliss-reactive ketones (excluding diaryl/α,β-unsaturated/α-hetero) is 1. The molecule has 1 N–H and O–H groups in total. The van der Waals surface area contributed by atoms with E-state index in [9.17, 15) is 24.5 Å². The average Bonchev–Trinajstić information content (AvgIpc) is 3.02. The van der Waals surface area contributed by atoms with E-state index in [1.165, 1.54) is 30.3 Å². The first-order valence-corrected chi connectivity index (χ1v) is 9.60. The number of hydrogen-bond donors (Lipinski definition) is 1. The standard InChI is InChI=1S/C21H25NO6/c23-19(16-7-11-17(12-8-16)22(27)28)13-9-15-10-14-20(24)18(15)5-3-1-2-4-6-21(25)26/h7-9,11-13,15,18H,1-6,10,14H2,(H,25,26)/t15-,18+/m1/s1. The van der Waals surface area contributed by atoms with Gasteiger partial charge in [-0.3, -0.25) is 24.5 Å². The number of nitro benzene ring substituents is 1. The summed E-state index contributed by atoms with van der Waals surface area (Å²) in [6.07, 6.45) is 8.70. The third kappa shape index (κ3) is 6.40. The van der Waals surface area contributed by atoms with Gasteiger partial charge in [-0.05, 0) is 43.4 Å². The van der Waals surface area contributed by atoms with Crippen molar-refractivity contribution in [3.05, 3.63) is 52.1 Å². The number of aliphatic carboxylic acids is 1. The highest BCUT2D eigenvalue weighted by Gasteiger charge is 2.32. The van der Waals surface area contributed by atoms with Crippen LogP contribution in [-0.2, 0) is 9.59 Å². The van der Waals surface area contributed by atoms with E-state index >= 15 is 0 Å². The van der Waals surface area contributed by atoms with Crippen molar-refractivity contribution in [1.29, 1.82) is 0 Å². The van der Waals surface area contributed by atoms with Gasteiger partial charge in [-0.1, -0.05) is 25.3 Å². The molecule has 0 saturated heterocycles. The number of ketones is 2. The second-order valence-electron chi connectivity index (χ2n) is 7.15. The summed E-state index contributed by atoms with van der Waals surface area (Å²) >= 11 is 0. The van der Waals surface area contributed by atoms with Crippen molar-refractivity contribution < 1.29 is 24.4 Å². The van der Waals surface area contributed by atoms with E-state index < -0.39 is 10.9 Å². The Labute approximate surface area is 163 Å². The van der Waals surface area contributed by atoms with Crippen LogP contribution in [0.3, 0.4) is 0 Å². The molecule has 0 unspecified atom stereocenters. The van der Waals surface area contributed by atoms with E-state index in [0.29, 0.717) is 18.4 Å². The van der Waals surface area contributed by atoms with Gasteiger partial charge < -0.3 is 5.11 Å². The monoisotopic (exact) mass is 387 g/mol. The van der Waals surface area contributed by atoms with Gasteiger partial charge in [-0.2, -0.15) is 0 Å². The fourth-order valence-corrected chi connectivity index (χ4v) is 3.59. The molecule has 0 spiro atoms. The van der Waals surface area contributed by atoms with Crippen molar-refractivity contribution in [2.24, 2.45) is 11.8 Å². The second kappa shape index (κ2) is 10.5. The van der Waals surface area contributed by atoms with E-state index in [0.717, 1.165) is 32.1 Å². The van der Waals surface area contributed by atoms with E-state index in [1.807, 2.05) is 0 Å². The predicted molar refractivity (Wildman–Crippen MR) is 103 cm³/mol. The Kier molecular flexibility index (Phi) is 8.04.